The first-order valence-electron chi connectivity index (χ1n) is 23.3. The first kappa shape index (κ1) is 50.4. The molecule has 0 spiro atoms. The maximum atomic E-state index is 13.3. The Bertz CT molecular complexity index is 2130. The first-order valence-corrected chi connectivity index (χ1v) is 23.3. The molecule has 4 saturated heterocycles. The number of amides is 3. The van der Waals surface area contributed by atoms with Crippen molar-refractivity contribution in [2.45, 2.75) is 137 Å². The van der Waals surface area contributed by atoms with Crippen molar-refractivity contribution in [3.05, 3.63) is 108 Å². The molecule has 9 unspecified atom stereocenters. The summed E-state index contributed by atoms with van der Waals surface area (Å²) in [4.78, 5) is 42.6. The standard InChI is InChI=1S/C48H63N5O16/c1-26-20-32-41(42-35(52(2)48(61)68-42)44(64-32)69-45-39(58)37(56)34(33(23-54)65-45)53(19-18-49)22-27-12-6-3-7-13-27)67-43(26)66-40-31(51-47(60)63-25-29-16-10-5-11-17-29)21-30(36(55)38(40)57)50-46(59)62-24-28-14-8-4-9-15-28/h3-17,26,30-45,54-58H,18-25,49H2,1-2H3,(H,50,59)(H,51,60)/t26?,30-,31?,32+,33?,34-,35?,36?,37+,38-,39?,40-,41?,42?,43+,44?,45-/m1/s1. The molecule has 8 rings (SSSR count). The molecular weight excluding hydrogens is 903 g/mol. The molecule has 21 nitrogen and oxygen atoms in total. The second kappa shape index (κ2) is 22.8. The average molecular weight is 966 g/mol. The Morgan fingerprint density at radius 3 is 1.91 bits per heavy atom. The number of likely N-dealkylation sites (N-methyl/N-ethyl adjacent to an activating group) is 1. The van der Waals surface area contributed by atoms with E-state index >= 15 is 0 Å². The van der Waals surface area contributed by atoms with Crippen molar-refractivity contribution in [1.82, 2.24) is 20.4 Å². The van der Waals surface area contributed by atoms with Gasteiger partial charge in [-0.2, -0.15) is 0 Å². The molecule has 69 heavy (non-hydrogen) atoms. The third kappa shape index (κ3) is 11.6. The monoisotopic (exact) mass is 965 g/mol. The molecule has 3 aromatic rings. The summed E-state index contributed by atoms with van der Waals surface area (Å²) in [7, 11) is 1.48. The number of hydrogen-bond acceptors (Lipinski definition) is 18. The molecule has 376 valence electrons. The first-order chi connectivity index (χ1) is 33.3. The summed E-state index contributed by atoms with van der Waals surface area (Å²) in [6.07, 6.45) is -17.7. The van der Waals surface area contributed by atoms with E-state index in [1.165, 1.54) is 11.9 Å². The fourth-order valence-corrected chi connectivity index (χ4v) is 9.90. The molecule has 4 aliphatic heterocycles. The Kier molecular flexibility index (Phi) is 16.7. The molecule has 0 radical (unpaired) electrons. The number of nitrogens with one attached hydrogen (secondary N) is 2. The van der Waals surface area contributed by atoms with Gasteiger partial charge in [0, 0.05) is 32.6 Å². The molecule has 1 aliphatic carbocycles. The van der Waals surface area contributed by atoms with Gasteiger partial charge in [-0.1, -0.05) is 97.9 Å². The third-order valence-electron chi connectivity index (χ3n) is 13.5. The molecular formula is C48H63N5O16. The minimum atomic E-state index is -1.69. The number of aliphatic hydroxyl groups is 5. The third-order valence-corrected chi connectivity index (χ3v) is 13.5. The number of aliphatic hydroxyl groups excluding tert-OH is 5. The van der Waals surface area contributed by atoms with Crippen molar-refractivity contribution in [2.24, 2.45) is 11.7 Å². The van der Waals surface area contributed by atoms with Gasteiger partial charge in [0.1, 0.15) is 62.0 Å². The van der Waals surface area contributed by atoms with E-state index in [1.807, 2.05) is 47.4 Å². The van der Waals surface area contributed by atoms with Gasteiger partial charge in [0.15, 0.2) is 25.0 Å². The molecule has 1 saturated carbocycles. The number of hydrogen-bond donors (Lipinski definition) is 8. The van der Waals surface area contributed by atoms with Crippen LogP contribution >= 0.6 is 0 Å². The predicted molar refractivity (Wildman–Crippen MR) is 240 cm³/mol. The molecule has 5 fully saturated rings. The highest BCUT2D eigenvalue weighted by Crippen LogP contribution is 2.43. The van der Waals surface area contributed by atoms with E-state index < -0.39 is 129 Å². The number of carbonyl (C=O) groups excluding carboxylic acids is 3. The van der Waals surface area contributed by atoms with Crippen LogP contribution in [0, 0.1) is 5.92 Å². The zero-order valence-corrected chi connectivity index (χ0v) is 38.3. The summed E-state index contributed by atoms with van der Waals surface area (Å²) in [5.41, 5.74) is 8.34. The Morgan fingerprint density at radius 1 is 0.725 bits per heavy atom. The highest BCUT2D eigenvalue weighted by atomic mass is 16.8. The highest BCUT2D eigenvalue weighted by molar-refractivity contribution is 5.71. The fraction of sp³-hybridized carbons (Fsp3) is 0.562. The minimum absolute atomic E-state index is 0.0476. The minimum Gasteiger partial charge on any atom is -0.445 e. The molecule has 0 bridgehead atoms. The molecule has 4 heterocycles. The Hall–Kier alpha value is -5.01. The number of fused-ring (bicyclic) bond motifs is 3. The second-order valence-corrected chi connectivity index (χ2v) is 18.2. The van der Waals surface area contributed by atoms with Crippen molar-refractivity contribution < 1.29 is 77.8 Å². The summed E-state index contributed by atoms with van der Waals surface area (Å²) in [5.74, 6) is -0.492. The van der Waals surface area contributed by atoms with Crippen molar-refractivity contribution in [3.63, 3.8) is 0 Å². The molecule has 17 atom stereocenters. The number of ether oxygens (including phenoxy) is 8. The average Bonchev–Trinajstić information content (AvgIpc) is 3.66. The lowest BCUT2D eigenvalue weighted by molar-refractivity contribution is -0.378. The van der Waals surface area contributed by atoms with Crippen LogP contribution in [-0.4, -0.2) is 178 Å². The summed E-state index contributed by atoms with van der Waals surface area (Å²) in [6, 6.07) is 23.5. The maximum Gasteiger partial charge on any atom is 0.410 e. The lowest BCUT2D eigenvalue weighted by atomic mass is 9.83. The largest absolute Gasteiger partial charge is 0.445 e. The maximum absolute atomic E-state index is 13.3. The van der Waals surface area contributed by atoms with Gasteiger partial charge in [-0.05, 0) is 29.5 Å². The Balaban J connectivity index is 0.953. The molecule has 0 aromatic heterocycles. The van der Waals surface area contributed by atoms with Crippen LogP contribution in [0.1, 0.15) is 36.5 Å². The van der Waals surface area contributed by atoms with E-state index in [2.05, 4.69) is 10.6 Å². The molecule has 5 aliphatic rings. The van der Waals surface area contributed by atoms with Gasteiger partial charge < -0.3 is 79.8 Å². The van der Waals surface area contributed by atoms with Gasteiger partial charge in [0.05, 0.1) is 30.8 Å². The molecule has 9 N–H and O–H groups in total. The second-order valence-electron chi connectivity index (χ2n) is 18.2. The van der Waals surface area contributed by atoms with E-state index in [-0.39, 0.29) is 32.6 Å². The lowest BCUT2D eigenvalue weighted by Gasteiger charge is -2.51. The Morgan fingerprint density at radius 2 is 1.32 bits per heavy atom. The van der Waals surface area contributed by atoms with Crippen LogP contribution in [0.25, 0.3) is 0 Å². The van der Waals surface area contributed by atoms with Gasteiger partial charge in [0.25, 0.3) is 0 Å². The van der Waals surface area contributed by atoms with Crippen LogP contribution in [0.4, 0.5) is 14.4 Å². The molecule has 21 heteroatoms. The van der Waals surface area contributed by atoms with Crippen molar-refractivity contribution >= 4 is 18.3 Å². The van der Waals surface area contributed by atoms with E-state index in [0.717, 1.165) is 16.7 Å². The quantitative estimate of drug-likeness (QED) is 0.0916. The zero-order valence-electron chi connectivity index (χ0n) is 38.3. The van der Waals surface area contributed by atoms with Gasteiger partial charge >= 0.3 is 18.3 Å². The summed E-state index contributed by atoms with van der Waals surface area (Å²) in [5, 5.41) is 62.2. The van der Waals surface area contributed by atoms with E-state index in [0.29, 0.717) is 13.1 Å². The van der Waals surface area contributed by atoms with E-state index in [1.54, 1.807) is 55.5 Å². The molecule has 3 aromatic carbocycles. The van der Waals surface area contributed by atoms with Gasteiger partial charge in [0.2, 0.25) is 0 Å². The van der Waals surface area contributed by atoms with Crippen LogP contribution in [-0.2, 0) is 57.7 Å². The van der Waals surface area contributed by atoms with Crippen LogP contribution in [0.2, 0.25) is 0 Å². The van der Waals surface area contributed by atoms with E-state index in [9.17, 15) is 39.9 Å². The van der Waals surface area contributed by atoms with Crippen LogP contribution < -0.4 is 16.4 Å². The van der Waals surface area contributed by atoms with Crippen LogP contribution in [0.15, 0.2) is 91.0 Å². The summed E-state index contributed by atoms with van der Waals surface area (Å²) < 4.78 is 48.7. The molecule has 3 amide bonds. The van der Waals surface area contributed by atoms with E-state index in [4.69, 9.17) is 43.6 Å². The van der Waals surface area contributed by atoms with Gasteiger partial charge in [-0.15, -0.1) is 0 Å². The summed E-state index contributed by atoms with van der Waals surface area (Å²) >= 11 is 0. The lowest BCUT2D eigenvalue weighted by Crippen LogP contribution is -2.68. The number of nitrogens with zero attached hydrogens (tertiary/aromatic N) is 2. The van der Waals surface area contributed by atoms with Gasteiger partial charge in [-0.3, -0.25) is 9.80 Å². The number of rotatable bonds is 16. The fourth-order valence-electron chi connectivity index (χ4n) is 9.90. The topological polar surface area (TPSA) is 283 Å². The number of nitrogens with two attached hydrogens (primary N) is 1. The van der Waals surface area contributed by atoms with Crippen molar-refractivity contribution in [1.29, 1.82) is 0 Å². The van der Waals surface area contributed by atoms with Gasteiger partial charge in [-0.25, -0.2) is 14.4 Å². The normalized spacial score (nSPS) is 35.3. The van der Waals surface area contributed by atoms with Crippen LogP contribution in [0.5, 0.6) is 0 Å². The predicted octanol–water partition coefficient (Wildman–Crippen LogP) is 0.667. The number of benzene rings is 3. The number of alkyl carbamates (subject to hydrolysis) is 2. The number of carbonyl (C=O) groups is 3. The van der Waals surface area contributed by atoms with Crippen molar-refractivity contribution in [2.75, 3.05) is 26.7 Å². The Labute approximate surface area is 399 Å². The van der Waals surface area contributed by atoms with Crippen LogP contribution in [0.3, 0.4) is 0 Å². The highest BCUT2D eigenvalue weighted by Gasteiger charge is 2.61. The zero-order chi connectivity index (χ0) is 48.8. The smallest absolute Gasteiger partial charge is 0.410 e. The SMILES string of the molecule is CC1C[C@@H]2OC(O[C@H]3OC(CO)[C@@H](N(CCN)Cc4ccccc4)[C@H](O)C3O)C3C(OC(=O)N3C)C2O[C@@H]1O[C@@H]1C(NC(=O)OCc2ccccc2)C[C@@H](NC(=O)OCc2ccccc2)C(O)[C@H]1O. The van der Waals surface area contributed by atoms with Crippen molar-refractivity contribution in [3.8, 4) is 0 Å². The summed E-state index contributed by atoms with van der Waals surface area (Å²) in [6.45, 7) is 2.06.